The number of aryl methyl sites for hydroxylation is 1. The van der Waals surface area contributed by atoms with Gasteiger partial charge < -0.3 is 5.32 Å². The number of rotatable bonds is 6. The Kier molecular flexibility index (Phi) is 6.35. The molecule has 2 aliphatic rings. The van der Waals surface area contributed by atoms with Crippen molar-refractivity contribution in [2.45, 2.75) is 51.1 Å². The lowest BCUT2D eigenvalue weighted by Gasteiger charge is -2.39. The van der Waals surface area contributed by atoms with E-state index in [2.05, 4.69) is 26.3 Å². The van der Waals surface area contributed by atoms with Crippen LogP contribution < -0.4 is 10.9 Å². The zero-order chi connectivity index (χ0) is 24.7. The first-order valence-corrected chi connectivity index (χ1v) is 12.0. The van der Waals surface area contributed by atoms with E-state index in [4.69, 9.17) is 0 Å². The molecular weight excluding hydrogens is 455 g/mol. The van der Waals surface area contributed by atoms with Gasteiger partial charge in [-0.15, -0.1) is 0 Å². The van der Waals surface area contributed by atoms with E-state index in [1.807, 2.05) is 0 Å². The Morgan fingerprint density at radius 3 is 2.60 bits per heavy atom. The maximum absolute atomic E-state index is 14.7. The molecule has 0 radical (unpaired) electrons. The SMILES string of the molecule is C[C@@H](Nc1ncnc2c1cc(C1=CCN(C3CCC3)CC1)c(=O)n2C)c1cccc(C(F)F)c1F. The predicted octanol–water partition coefficient (Wildman–Crippen LogP) is 5.22. The molecule has 2 aromatic heterocycles. The third-order valence-corrected chi connectivity index (χ3v) is 7.30. The second kappa shape index (κ2) is 9.45. The van der Waals surface area contributed by atoms with Crippen molar-refractivity contribution >= 4 is 22.4 Å². The van der Waals surface area contributed by atoms with Crippen LogP contribution in [0.1, 0.15) is 61.8 Å². The standard InChI is InChI=1S/C26H28F3N5O/c1-15(18-7-4-8-19(22(18)27)23(28)29)32-24-21-13-20(26(35)33(2)25(21)31-14-30-24)16-9-11-34(12-10-16)17-5-3-6-17/h4,7-9,13-15,17,23H,3,5-6,10-12H2,1-2H3,(H,30,31,32)/t15-/m1/s1. The number of benzene rings is 1. The molecule has 0 bridgehead atoms. The van der Waals surface area contributed by atoms with Crippen LogP contribution in [0.5, 0.6) is 0 Å². The number of anilines is 1. The highest BCUT2D eigenvalue weighted by Gasteiger charge is 2.27. The number of alkyl halides is 2. The topological polar surface area (TPSA) is 63.1 Å². The van der Waals surface area contributed by atoms with Gasteiger partial charge in [0.05, 0.1) is 17.0 Å². The zero-order valence-electron chi connectivity index (χ0n) is 19.8. The lowest BCUT2D eigenvalue weighted by molar-refractivity contribution is 0.141. The molecule has 3 heterocycles. The normalized spacial score (nSPS) is 17.9. The lowest BCUT2D eigenvalue weighted by Crippen LogP contribution is -2.42. The number of nitrogens with one attached hydrogen (secondary N) is 1. The maximum Gasteiger partial charge on any atom is 0.266 e. The van der Waals surface area contributed by atoms with E-state index in [0.717, 1.165) is 31.1 Å². The highest BCUT2D eigenvalue weighted by atomic mass is 19.3. The molecule has 1 N–H and O–H groups in total. The van der Waals surface area contributed by atoms with Crippen molar-refractivity contribution in [1.29, 1.82) is 0 Å². The molecule has 9 heteroatoms. The third-order valence-electron chi connectivity index (χ3n) is 7.30. The first-order valence-electron chi connectivity index (χ1n) is 12.0. The number of nitrogens with zero attached hydrogens (tertiary/aromatic N) is 4. The van der Waals surface area contributed by atoms with E-state index in [-0.39, 0.29) is 11.1 Å². The molecule has 1 saturated carbocycles. The van der Waals surface area contributed by atoms with E-state index < -0.39 is 23.8 Å². The number of pyridine rings is 1. The van der Waals surface area contributed by atoms with Crippen LogP contribution in [0.4, 0.5) is 19.0 Å². The number of aromatic nitrogens is 3. The quantitative estimate of drug-likeness (QED) is 0.521. The Hall–Kier alpha value is -3.20. The fourth-order valence-corrected chi connectivity index (χ4v) is 4.98. The highest BCUT2D eigenvalue weighted by Crippen LogP contribution is 2.32. The first-order chi connectivity index (χ1) is 16.8. The molecule has 3 aromatic rings. The summed E-state index contributed by atoms with van der Waals surface area (Å²) in [5.41, 5.74) is 1.40. The molecule has 0 saturated heterocycles. The Morgan fingerprint density at radius 1 is 1.17 bits per heavy atom. The Bertz CT molecular complexity index is 1350. The van der Waals surface area contributed by atoms with E-state index in [9.17, 15) is 18.0 Å². The van der Waals surface area contributed by atoms with Gasteiger partial charge in [0.15, 0.2) is 0 Å². The smallest absolute Gasteiger partial charge is 0.266 e. The fourth-order valence-electron chi connectivity index (χ4n) is 4.98. The minimum atomic E-state index is -2.90. The van der Waals surface area contributed by atoms with Gasteiger partial charge in [0.25, 0.3) is 12.0 Å². The molecule has 35 heavy (non-hydrogen) atoms. The summed E-state index contributed by atoms with van der Waals surface area (Å²) in [7, 11) is 1.67. The molecular formula is C26H28F3N5O. The summed E-state index contributed by atoms with van der Waals surface area (Å²) in [5.74, 6) is -0.522. The Morgan fingerprint density at radius 2 is 1.94 bits per heavy atom. The van der Waals surface area contributed by atoms with Crippen LogP contribution in [0.15, 0.2) is 41.5 Å². The van der Waals surface area contributed by atoms with E-state index in [1.54, 1.807) is 20.0 Å². The van der Waals surface area contributed by atoms with Gasteiger partial charge in [-0.1, -0.05) is 30.7 Å². The fraction of sp³-hybridized carbons (Fsp3) is 0.423. The average Bonchev–Trinajstić information content (AvgIpc) is 2.81. The van der Waals surface area contributed by atoms with Crippen LogP contribution in [0.25, 0.3) is 16.6 Å². The summed E-state index contributed by atoms with van der Waals surface area (Å²) < 4.78 is 42.6. The van der Waals surface area contributed by atoms with Gasteiger partial charge in [-0.2, -0.15) is 0 Å². The van der Waals surface area contributed by atoms with Gasteiger partial charge >= 0.3 is 0 Å². The van der Waals surface area contributed by atoms with Crippen LogP contribution in [-0.2, 0) is 7.05 Å². The maximum atomic E-state index is 14.7. The molecule has 1 aliphatic heterocycles. The van der Waals surface area contributed by atoms with Crippen LogP contribution in [0.2, 0.25) is 0 Å². The minimum Gasteiger partial charge on any atom is -0.363 e. The molecule has 5 rings (SSSR count). The van der Waals surface area contributed by atoms with Crippen molar-refractivity contribution < 1.29 is 13.2 Å². The molecule has 1 aromatic carbocycles. The summed E-state index contributed by atoms with van der Waals surface area (Å²) in [4.78, 5) is 24.3. The van der Waals surface area contributed by atoms with Gasteiger partial charge in [-0.25, -0.2) is 23.1 Å². The average molecular weight is 484 g/mol. The molecule has 1 fully saturated rings. The minimum absolute atomic E-state index is 0.116. The summed E-state index contributed by atoms with van der Waals surface area (Å²) in [6.07, 6.45) is 5.12. The molecule has 1 aliphatic carbocycles. The first kappa shape index (κ1) is 23.5. The highest BCUT2D eigenvalue weighted by molar-refractivity contribution is 5.89. The van der Waals surface area contributed by atoms with Crippen molar-refractivity contribution in [3.05, 3.63) is 69.5 Å². The van der Waals surface area contributed by atoms with Crippen molar-refractivity contribution in [1.82, 2.24) is 19.4 Å². The van der Waals surface area contributed by atoms with E-state index in [0.29, 0.717) is 28.5 Å². The Balaban J connectivity index is 1.50. The monoisotopic (exact) mass is 483 g/mol. The number of hydrogen-bond acceptors (Lipinski definition) is 5. The van der Waals surface area contributed by atoms with Gasteiger partial charge in [0, 0.05) is 37.3 Å². The van der Waals surface area contributed by atoms with E-state index >= 15 is 0 Å². The van der Waals surface area contributed by atoms with Crippen molar-refractivity contribution in [2.75, 3.05) is 18.4 Å². The molecule has 0 amide bonds. The van der Waals surface area contributed by atoms with E-state index in [1.165, 1.54) is 42.3 Å². The number of halogens is 3. The van der Waals surface area contributed by atoms with Crippen molar-refractivity contribution in [2.24, 2.45) is 7.05 Å². The van der Waals surface area contributed by atoms with Crippen LogP contribution in [0.3, 0.4) is 0 Å². The lowest BCUT2D eigenvalue weighted by atomic mass is 9.89. The van der Waals surface area contributed by atoms with Gasteiger partial charge in [-0.3, -0.25) is 14.3 Å². The molecule has 6 nitrogen and oxygen atoms in total. The van der Waals surface area contributed by atoms with Gasteiger partial charge in [0.2, 0.25) is 0 Å². The molecule has 0 unspecified atom stereocenters. The molecule has 0 spiro atoms. The zero-order valence-corrected chi connectivity index (χ0v) is 19.8. The predicted molar refractivity (Wildman–Crippen MR) is 130 cm³/mol. The van der Waals surface area contributed by atoms with Crippen LogP contribution >= 0.6 is 0 Å². The summed E-state index contributed by atoms with van der Waals surface area (Å²) in [6.45, 7) is 3.43. The molecule has 184 valence electrons. The van der Waals surface area contributed by atoms with Gasteiger partial charge in [-0.05, 0) is 37.8 Å². The van der Waals surface area contributed by atoms with Crippen molar-refractivity contribution in [3.63, 3.8) is 0 Å². The van der Waals surface area contributed by atoms with Crippen LogP contribution in [0, 0.1) is 5.82 Å². The second-order valence-corrected chi connectivity index (χ2v) is 9.36. The largest absolute Gasteiger partial charge is 0.363 e. The summed E-state index contributed by atoms with van der Waals surface area (Å²) in [5, 5.41) is 3.76. The second-order valence-electron chi connectivity index (χ2n) is 9.36. The third kappa shape index (κ3) is 4.33. The summed E-state index contributed by atoms with van der Waals surface area (Å²) in [6, 6.07) is 5.79. The van der Waals surface area contributed by atoms with Crippen molar-refractivity contribution in [3.8, 4) is 0 Å². The van der Waals surface area contributed by atoms with Crippen LogP contribution in [-0.4, -0.2) is 38.6 Å². The van der Waals surface area contributed by atoms with Gasteiger partial charge in [0.1, 0.15) is 23.6 Å². The Labute approximate surface area is 201 Å². The summed E-state index contributed by atoms with van der Waals surface area (Å²) >= 11 is 0. The number of hydrogen-bond donors (Lipinski definition) is 1. The number of fused-ring (bicyclic) bond motifs is 1. The molecule has 1 atom stereocenters.